The number of rotatable bonds is 7. The van der Waals surface area contributed by atoms with Gasteiger partial charge in [0.05, 0.1) is 7.11 Å². The molecule has 0 radical (unpaired) electrons. The number of carbonyl (C=O) groups is 1. The topological polar surface area (TPSA) is 67.6 Å². The monoisotopic (exact) mass is 265 g/mol. The lowest BCUT2D eigenvalue weighted by Gasteiger charge is -2.30. The van der Waals surface area contributed by atoms with Crippen molar-refractivity contribution in [3.63, 3.8) is 0 Å². The summed E-state index contributed by atoms with van der Waals surface area (Å²) in [5, 5.41) is 3.22. The van der Waals surface area contributed by atoms with Gasteiger partial charge in [0.25, 0.3) is 0 Å². The zero-order chi connectivity index (χ0) is 14.5. The van der Waals surface area contributed by atoms with Gasteiger partial charge in [0.15, 0.2) is 0 Å². The highest BCUT2D eigenvalue weighted by molar-refractivity contribution is 5.86. The van der Waals surface area contributed by atoms with Crippen molar-refractivity contribution in [2.24, 2.45) is 5.73 Å². The largest absolute Gasteiger partial charge is 0.496 e. The minimum atomic E-state index is -0.942. The molecule has 0 spiro atoms. The Balaban J connectivity index is 3.01. The number of methoxy groups -OCH3 is 1. The molecular weight excluding hydrogens is 242 g/mol. The number of nitrogens with one attached hydrogen (secondary N) is 1. The summed E-state index contributed by atoms with van der Waals surface area (Å²) in [7, 11) is 5.54. The molecule has 0 aliphatic carbocycles. The summed E-state index contributed by atoms with van der Waals surface area (Å²) in [5.74, 6) is 0.233. The molecule has 0 heterocycles. The number of likely N-dealkylation sites (N-methyl/N-ethyl adjacent to an activating group) is 1. The Kier molecular flexibility index (Phi) is 5.32. The summed E-state index contributed by atoms with van der Waals surface area (Å²) < 4.78 is 5.31. The number of nitrogens with zero attached hydrogens (tertiary/aromatic N) is 1. The Hall–Kier alpha value is -1.59. The van der Waals surface area contributed by atoms with E-state index in [1.54, 1.807) is 14.0 Å². The molecule has 1 atom stereocenters. The predicted molar refractivity (Wildman–Crippen MR) is 76.1 cm³/mol. The lowest BCUT2D eigenvalue weighted by Crippen LogP contribution is -2.52. The average Bonchev–Trinajstić information content (AvgIpc) is 2.37. The highest BCUT2D eigenvalue weighted by Gasteiger charge is 2.35. The summed E-state index contributed by atoms with van der Waals surface area (Å²) in [6.07, 6.45) is 0. The van der Waals surface area contributed by atoms with Crippen LogP contribution in [0.2, 0.25) is 0 Å². The van der Waals surface area contributed by atoms with E-state index in [-0.39, 0.29) is 0 Å². The summed E-state index contributed by atoms with van der Waals surface area (Å²) in [6.45, 7) is 3.26. The van der Waals surface area contributed by atoms with Crippen LogP contribution in [0.15, 0.2) is 24.3 Å². The smallest absolute Gasteiger partial charge is 0.242 e. The van der Waals surface area contributed by atoms with Gasteiger partial charge in [0, 0.05) is 18.7 Å². The Morgan fingerprint density at radius 2 is 2.05 bits per heavy atom. The standard InChI is InChI=1S/C14H23N3O2/c1-14(13(15)18,16-9-10-17(2)3)11-7-5-6-8-12(11)19-4/h5-8,16H,9-10H2,1-4H3,(H2,15,18). The van der Waals surface area contributed by atoms with Gasteiger partial charge >= 0.3 is 0 Å². The second-order valence-electron chi connectivity index (χ2n) is 4.92. The number of hydrogen-bond donors (Lipinski definition) is 2. The molecule has 0 aliphatic heterocycles. The molecule has 0 saturated heterocycles. The van der Waals surface area contributed by atoms with Crippen LogP contribution in [-0.4, -0.2) is 45.1 Å². The molecule has 0 aliphatic rings. The first kappa shape index (κ1) is 15.5. The molecule has 0 saturated carbocycles. The summed E-state index contributed by atoms with van der Waals surface area (Å²) in [4.78, 5) is 13.9. The molecular formula is C14H23N3O2. The van der Waals surface area contributed by atoms with Crippen LogP contribution in [0.25, 0.3) is 0 Å². The fraction of sp³-hybridized carbons (Fsp3) is 0.500. The number of hydrogen-bond acceptors (Lipinski definition) is 4. The molecule has 0 bridgehead atoms. The molecule has 1 amide bonds. The molecule has 106 valence electrons. The first-order valence-electron chi connectivity index (χ1n) is 6.25. The second kappa shape index (κ2) is 6.54. The van der Waals surface area contributed by atoms with Gasteiger partial charge in [-0.05, 0) is 27.1 Å². The molecule has 1 aromatic rings. The first-order valence-corrected chi connectivity index (χ1v) is 6.25. The fourth-order valence-electron chi connectivity index (χ4n) is 1.90. The van der Waals surface area contributed by atoms with Crippen LogP contribution in [0.3, 0.4) is 0 Å². The molecule has 19 heavy (non-hydrogen) atoms. The molecule has 5 heteroatoms. The minimum absolute atomic E-state index is 0.421. The Morgan fingerprint density at radius 3 is 2.58 bits per heavy atom. The van der Waals surface area contributed by atoms with E-state index in [9.17, 15) is 4.79 Å². The highest BCUT2D eigenvalue weighted by atomic mass is 16.5. The number of benzene rings is 1. The molecule has 3 N–H and O–H groups in total. The molecule has 1 rings (SSSR count). The number of ether oxygens (including phenoxy) is 1. The number of nitrogens with two attached hydrogens (primary N) is 1. The second-order valence-corrected chi connectivity index (χ2v) is 4.92. The van der Waals surface area contributed by atoms with Crippen LogP contribution < -0.4 is 15.8 Å². The van der Waals surface area contributed by atoms with Crippen molar-refractivity contribution in [3.8, 4) is 5.75 Å². The minimum Gasteiger partial charge on any atom is -0.496 e. The highest BCUT2D eigenvalue weighted by Crippen LogP contribution is 2.29. The number of carbonyl (C=O) groups excluding carboxylic acids is 1. The third-order valence-corrected chi connectivity index (χ3v) is 3.18. The summed E-state index contributed by atoms with van der Waals surface area (Å²) >= 11 is 0. The number of para-hydroxylation sites is 1. The summed E-state index contributed by atoms with van der Waals surface area (Å²) in [6, 6.07) is 7.41. The lowest BCUT2D eigenvalue weighted by atomic mass is 9.90. The third kappa shape index (κ3) is 3.68. The van der Waals surface area contributed by atoms with Gasteiger partial charge in [-0.3, -0.25) is 10.1 Å². The number of amides is 1. The SMILES string of the molecule is COc1ccccc1C(C)(NCCN(C)C)C(N)=O. The quantitative estimate of drug-likeness (QED) is 0.755. The van der Waals surface area contributed by atoms with Crippen LogP contribution in [0, 0.1) is 0 Å². The Morgan fingerprint density at radius 1 is 1.42 bits per heavy atom. The maximum atomic E-state index is 11.9. The van der Waals surface area contributed by atoms with Gasteiger partial charge in [-0.25, -0.2) is 0 Å². The predicted octanol–water partition coefficient (Wildman–Crippen LogP) is 0.547. The third-order valence-electron chi connectivity index (χ3n) is 3.18. The van der Waals surface area contributed by atoms with E-state index in [1.165, 1.54) is 0 Å². The van der Waals surface area contributed by atoms with Crippen molar-refractivity contribution in [2.45, 2.75) is 12.5 Å². The fourth-order valence-corrected chi connectivity index (χ4v) is 1.90. The van der Waals surface area contributed by atoms with Crippen LogP contribution in [0.1, 0.15) is 12.5 Å². The van der Waals surface area contributed by atoms with Gasteiger partial charge in [-0.2, -0.15) is 0 Å². The van der Waals surface area contributed by atoms with Gasteiger partial charge in [-0.15, -0.1) is 0 Å². The Bertz CT molecular complexity index is 434. The maximum absolute atomic E-state index is 11.9. The van der Waals surface area contributed by atoms with Crippen LogP contribution >= 0.6 is 0 Å². The van der Waals surface area contributed by atoms with E-state index in [1.807, 2.05) is 43.3 Å². The van der Waals surface area contributed by atoms with E-state index in [0.717, 1.165) is 12.1 Å². The van der Waals surface area contributed by atoms with Crippen LogP contribution in [0.4, 0.5) is 0 Å². The molecule has 1 aromatic carbocycles. The van der Waals surface area contributed by atoms with Crippen molar-refractivity contribution >= 4 is 5.91 Å². The van der Waals surface area contributed by atoms with Crippen molar-refractivity contribution in [1.82, 2.24) is 10.2 Å². The van der Waals surface area contributed by atoms with Crippen molar-refractivity contribution in [3.05, 3.63) is 29.8 Å². The van der Waals surface area contributed by atoms with E-state index < -0.39 is 11.4 Å². The van der Waals surface area contributed by atoms with Crippen LogP contribution in [-0.2, 0) is 10.3 Å². The maximum Gasteiger partial charge on any atom is 0.242 e. The van der Waals surface area contributed by atoms with Crippen LogP contribution in [0.5, 0.6) is 5.75 Å². The van der Waals surface area contributed by atoms with E-state index in [4.69, 9.17) is 10.5 Å². The van der Waals surface area contributed by atoms with E-state index in [2.05, 4.69) is 5.32 Å². The van der Waals surface area contributed by atoms with E-state index in [0.29, 0.717) is 12.3 Å². The lowest BCUT2D eigenvalue weighted by molar-refractivity contribution is -0.124. The van der Waals surface area contributed by atoms with Gasteiger partial charge in [-0.1, -0.05) is 18.2 Å². The van der Waals surface area contributed by atoms with Gasteiger partial charge in [0.1, 0.15) is 11.3 Å². The molecule has 5 nitrogen and oxygen atoms in total. The zero-order valence-electron chi connectivity index (χ0n) is 12.1. The summed E-state index contributed by atoms with van der Waals surface area (Å²) in [5.41, 5.74) is 5.38. The zero-order valence-corrected chi connectivity index (χ0v) is 12.1. The number of primary amides is 1. The molecule has 1 unspecified atom stereocenters. The van der Waals surface area contributed by atoms with Gasteiger partial charge in [0.2, 0.25) is 5.91 Å². The average molecular weight is 265 g/mol. The normalized spacial score (nSPS) is 14.2. The van der Waals surface area contributed by atoms with Crippen molar-refractivity contribution < 1.29 is 9.53 Å². The first-order chi connectivity index (χ1) is 8.91. The Labute approximate surface area is 114 Å². The molecule has 0 aromatic heterocycles. The van der Waals surface area contributed by atoms with Crippen molar-refractivity contribution in [1.29, 1.82) is 0 Å². The van der Waals surface area contributed by atoms with Crippen molar-refractivity contribution in [2.75, 3.05) is 34.3 Å². The van der Waals surface area contributed by atoms with Gasteiger partial charge < -0.3 is 15.4 Å². The molecule has 0 fully saturated rings. The van der Waals surface area contributed by atoms with E-state index >= 15 is 0 Å².